The number of amides is 1. The van der Waals surface area contributed by atoms with Crippen LogP contribution in [0.2, 0.25) is 0 Å². The van der Waals surface area contributed by atoms with Gasteiger partial charge in [-0.05, 0) is 18.6 Å². The highest BCUT2D eigenvalue weighted by molar-refractivity contribution is 6.01. The number of carbonyl (C=O) groups is 2. The lowest BCUT2D eigenvalue weighted by Crippen LogP contribution is -2.17. The van der Waals surface area contributed by atoms with Crippen LogP contribution in [0.1, 0.15) is 29.5 Å². The molecule has 7 nitrogen and oxygen atoms in total. The van der Waals surface area contributed by atoms with E-state index in [1.807, 2.05) is 11.5 Å². The van der Waals surface area contributed by atoms with Crippen LogP contribution in [0.25, 0.3) is 11.0 Å². The van der Waals surface area contributed by atoms with Crippen molar-refractivity contribution < 1.29 is 19.4 Å². The van der Waals surface area contributed by atoms with Crippen molar-refractivity contribution in [3.8, 4) is 0 Å². The Labute approximate surface area is 121 Å². The lowest BCUT2D eigenvalue weighted by atomic mass is 10.2. The third kappa shape index (κ3) is 3.13. The van der Waals surface area contributed by atoms with Crippen LogP contribution in [-0.4, -0.2) is 33.3 Å². The minimum absolute atomic E-state index is 0.120. The molecular weight excluding hydrogens is 274 g/mol. The Morgan fingerprint density at radius 2 is 2.19 bits per heavy atom. The Balaban J connectivity index is 2.45. The van der Waals surface area contributed by atoms with Crippen molar-refractivity contribution in [3.63, 3.8) is 0 Å². The molecule has 0 radical (unpaired) electrons. The third-order valence-electron chi connectivity index (χ3n) is 3.12. The number of para-hydroxylation sites is 1. The fraction of sp³-hybridized carbons (Fsp3) is 0.357. The Morgan fingerprint density at radius 1 is 1.43 bits per heavy atom. The number of hydrogen-bond donors (Lipinski definition) is 2. The first-order valence-corrected chi connectivity index (χ1v) is 6.68. The first-order chi connectivity index (χ1) is 10.0. The average molecular weight is 291 g/mol. The molecule has 0 bridgehead atoms. The van der Waals surface area contributed by atoms with E-state index in [1.54, 1.807) is 12.1 Å². The standard InChI is InChI=1S/C14H17N3O4/c1-2-4-11-16-12-9(13(18)19)5-3-6-10(12)17(11)7-8-21-14(15)20/h3,5-6H,2,4,7-8H2,1H3,(H2,15,20)(H,18,19). The Morgan fingerprint density at radius 3 is 2.81 bits per heavy atom. The summed E-state index contributed by atoms with van der Waals surface area (Å²) in [6.07, 6.45) is 0.759. The van der Waals surface area contributed by atoms with Crippen molar-refractivity contribution in [2.24, 2.45) is 5.73 Å². The molecule has 0 saturated heterocycles. The predicted molar refractivity (Wildman–Crippen MR) is 76.2 cm³/mol. The number of aromatic carboxylic acids is 1. The number of nitrogens with two attached hydrogens (primary N) is 1. The molecule has 1 heterocycles. The van der Waals surface area contributed by atoms with E-state index in [0.29, 0.717) is 24.0 Å². The zero-order valence-electron chi connectivity index (χ0n) is 11.7. The van der Waals surface area contributed by atoms with E-state index in [4.69, 9.17) is 10.5 Å². The second kappa shape index (κ2) is 6.25. The lowest BCUT2D eigenvalue weighted by molar-refractivity contribution is 0.0698. The molecule has 0 aliphatic rings. The van der Waals surface area contributed by atoms with E-state index in [1.165, 1.54) is 6.07 Å². The van der Waals surface area contributed by atoms with Crippen molar-refractivity contribution in [2.45, 2.75) is 26.3 Å². The zero-order valence-corrected chi connectivity index (χ0v) is 11.7. The van der Waals surface area contributed by atoms with Gasteiger partial charge in [0.1, 0.15) is 17.9 Å². The van der Waals surface area contributed by atoms with Crippen LogP contribution < -0.4 is 5.73 Å². The van der Waals surface area contributed by atoms with Gasteiger partial charge in [-0.2, -0.15) is 0 Å². The van der Waals surface area contributed by atoms with Gasteiger partial charge < -0.3 is 20.1 Å². The van der Waals surface area contributed by atoms with Gasteiger partial charge in [-0.25, -0.2) is 14.6 Å². The molecule has 2 aromatic rings. The van der Waals surface area contributed by atoms with Crippen molar-refractivity contribution in [3.05, 3.63) is 29.6 Å². The smallest absolute Gasteiger partial charge is 0.404 e. The minimum atomic E-state index is -1.01. The maximum absolute atomic E-state index is 11.3. The fourth-order valence-corrected chi connectivity index (χ4v) is 2.27. The number of nitrogens with zero attached hydrogens (tertiary/aromatic N) is 2. The molecule has 112 valence electrons. The molecule has 0 fully saturated rings. The summed E-state index contributed by atoms with van der Waals surface area (Å²) in [7, 11) is 0. The number of carboxylic acid groups (broad SMARTS) is 1. The molecule has 0 aliphatic heterocycles. The van der Waals surface area contributed by atoms with Crippen LogP contribution in [0, 0.1) is 0 Å². The van der Waals surface area contributed by atoms with Gasteiger partial charge in [0, 0.05) is 6.42 Å². The number of aromatic nitrogens is 2. The van der Waals surface area contributed by atoms with Gasteiger partial charge in [0.05, 0.1) is 17.6 Å². The average Bonchev–Trinajstić information content (AvgIpc) is 2.76. The normalized spacial score (nSPS) is 10.7. The monoisotopic (exact) mass is 291 g/mol. The summed E-state index contributed by atoms with van der Waals surface area (Å²) in [4.78, 5) is 26.3. The Bertz CT molecular complexity index is 678. The minimum Gasteiger partial charge on any atom is -0.478 e. The highest BCUT2D eigenvalue weighted by atomic mass is 16.5. The van der Waals surface area contributed by atoms with Gasteiger partial charge in [-0.3, -0.25) is 0 Å². The highest BCUT2D eigenvalue weighted by Gasteiger charge is 2.16. The topological polar surface area (TPSA) is 107 Å². The number of imidazole rings is 1. The van der Waals surface area contributed by atoms with Crippen LogP contribution in [0.3, 0.4) is 0 Å². The summed E-state index contributed by atoms with van der Waals surface area (Å²) in [6.45, 7) is 2.52. The van der Waals surface area contributed by atoms with E-state index in [-0.39, 0.29) is 12.2 Å². The van der Waals surface area contributed by atoms with Crippen molar-refractivity contribution in [1.29, 1.82) is 0 Å². The van der Waals surface area contributed by atoms with E-state index in [9.17, 15) is 14.7 Å². The van der Waals surface area contributed by atoms with E-state index in [0.717, 1.165) is 12.2 Å². The Hall–Kier alpha value is -2.57. The second-order valence-corrected chi connectivity index (χ2v) is 4.58. The van der Waals surface area contributed by atoms with Crippen molar-refractivity contribution in [1.82, 2.24) is 9.55 Å². The van der Waals surface area contributed by atoms with Gasteiger partial charge in [0.15, 0.2) is 0 Å². The van der Waals surface area contributed by atoms with Gasteiger partial charge in [0.25, 0.3) is 0 Å². The number of primary amides is 1. The molecule has 0 unspecified atom stereocenters. The molecule has 3 N–H and O–H groups in total. The van der Waals surface area contributed by atoms with Crippen LogP contribution >= 0.6 is 0 Å². The summed E-state index contributed by atoms with van der Waals surface area (Å²) in [5.41, 5.74) is 6.27. The maximum Gasteiger partial charge on any atom is 0.404 e. The molecule has 1 amide bonds. The zero-order chi connectivity index (χ0) is 15.4. The number of carboxylic acids is 1. The molecule has 1 aromatic heterocycles. The van der Waals surface area contributed by atoms with Crippen molar-refractivity contribution >= 4 is 23.1 Å². The molecule has 1 aromatic carbocycles. The van der Waals surface area contributed by atoms with E-state index in [2.05, 4.69) is 4.98 Å². The van der Waals surface area contributed by atoms with E-state index >= 15 is 0 Å². The first kappa shape index (κ1) is 14.8. The second-order valence-electron chi connectivity index (χ2n) is 4.58. The molecule has 7 heteroatoms. The number of hydrogen-bond acceptors (Lipinski definition) is 4. The summed E-state index contributed by atoms with van der Waals surface area (Å²) < 4.78 is 6.62. The predicted octanol–water partition coefficient (Wildman–Crippen LogP) is 1.78. The molecule has 21 heavy (non-hydrogen) atoms. The molecule has 0 saturated carbocycles. The lowest BCUT2D eigenvalue weighted by Gasteiger charge is -2.08. The summed E-state index contributed by atoms with van der Waals surface area (Å²) in [5.74, 6) is -0.240. The first-order valence-electron chi connectivity index (χ1n) is 6.68. The Kier molecular flexibility index (Phi) is 4.42. The number of aryl methyl sites for hydroxylation is 1. The number of carbonyl (C=O) groups excluding carboxylic acids is 1. The largest absolute Gasteiger partial charge is 0.478 e. The van der Waals surface area contributed by atoms with E-state index < -0.39 is 12.1 Å². The van der Waals surface area contributed by atoms with Crippen LogP contribution in [0.15, 0.2) is 18.2 Å². The molecule has 2 rings (SSSR count). The fourth-order valence-electron chi connectivity index (χ4n) is 2.27. The van der Waals surface area contributed by atoms with Gasteiger partial charge in [-0.15, -0.1) is 0 Å². The number of fused-ring (bicyclic) bond motifs is 1. The van der Waals surface area contributed by atoms with Gasteiger partial charge in [0.2, 0.25) is 0 Å². The number of benzene rings is 1. The highest BCUT2D eigenvalue weighted by Crippen LogP contribution is 2.21. The van der Waals surface area contributed by atoms with Crippen LogP contribution in [-0.2, 0) is 17.7 Å². The van der Waals surface area contributed by atoms with Crippen LogP contribution in [0.4, 0.5) is 4.79 Å². The molecule has 0 atom stereocenters. The van der Waals surface area contributed by atoms with Crippen LogP contribution in [0.5, 0.6) is 0 Å². The molecule has 0 spiro atoms. The molecule has 0 aliphatic carbocycles. The third-order valence-corrected chi connectivity index (χ3v) is 3.12. The van der Waals surface area contributed by atoms with Gasteiger partial charge >= 0.3 is 12.1 Å². The van der Waals surface area contributed by atoms with Gasteiger partial charge in [-0.1, -0.05) is 13.0 Å². The number of rotatable bonds is 6. The summed E-state index contributed by atoms with van der Waals surface area (Å²) in [6, 6.07) is 5.00. The summed E-state index contributed by atoms with van der Waals surface area (Å²) in [5, 5.41) is 9.23. The molecular formula is C14H17N3O4. The van der Waals surface area contributed by atoms with Crippen molar-refractivity contribution in [2.75, 3.05) is 6.61 Å². The quantitative estimate of drug-likeness (QED) is 0.843. The maximum atomic E-state index is 11.3. The SMILES string of the molecule is CCCc1nc2c(C(=O)O)cccc2n1CCOC(N)=O. The summed E-state index contributed by atoms with van der Waals surface area (Å²) >= 11 is 0. The number of ether oxygens (including phenoxy) is 1.